The van der Waals surface area contributed by atoms with Gasteiger partial charge in [0, 0.05) is 18.2 Å². The monoisotopic (exact) mass is 382 g/mol. The van der Waals surface area contributed by atoms with Gasteiger partial charge < -0.3 is 14.1 Å². The third kappa shape index (κ3) is 2.89. The molecule has 1 fully saturated rings. The topological polar surface area (TPSA) is 71.8 Å². The number of furan rings is 1. The molecule has 6 nitrogen and oxygen atoms in total. The quantitative estimate of drug-likeness (QED) is 0.742. The standard InChI is InChI=1S/C20H18N2O4S/c23-27(24)19-13-16(8-9-17(19)22-10-2-7-20(22)21-27)26-15-5-1-4-14(12-15)18-6-3-11-25-18/h1,3-6,8-9,11-13,20-21H,2,7,10H2. The SMILES string of the molecule is O=S1(=O)NC2CCCN2c2ccc(Oc3cccc(-c4ccco4)c3)cc21. The summed E-state index contributed by atoms with van der Waals surface area (Å²) in [6.45, 7) is 0.853. The van der Waals surface area contributed by atoms with E-state index in [4.69, 9.17) is 9.15 Å². The summed E-state index contributed by atoms with van der Waals surface area (Å²) in [4.78, 5) is 2.37. The maximum atomic E-state index is 12.6. The average Bonchev–Trinajstić information content (AvgIpc) is 3.33. The number of hydrogen-bond donors (Lipinski definition) is 1. The molecule has 1 saturated heterocycles. The molecule has 0 radical (unpaired) electrons. The summed E-state index contributed by atoms with van der Waals surface area (Å²) in [7, 11) is -3.54. The van der Waals surface area contributed by atoms with E-state index in [0.29, 0.717) is 11.5 Å². The number of sulfonamides is 1. The lowest BCUT2D eigenvalue weighted by atomic mass is 10.1. The van der Waals surface area contributed by atoms with Crippen LogP contribution in [0.2, 0.25) is 0 Å². The van der Waals surface area contributed by atoms with E-state index in [1.165, 1.54) is 0 Å². The number of ether oxygens (including phenoxy) is 1. The number of anilines is 1. The van der Waals surface area contributed by atoms with Crippen LogP contribution >= 0.6 is 0 Å². The highest BCUT2D eigenvalue weighted by Crippen LogP contribution is 2.38. The second-order valence-electron chi connectivity index (χ2n) is 6.71. The van der Waals surface area contributed by atoms with E-state index < -0.39 is 10.0 Å². The Bertz CT molecular complexity index is 1090. The van der Waals surface area contributed by atoms with Crippen LogP contribution in [0.1, 0.15) is 12.8 Å². The second kappa shape index (κ2) is 6.14. The smallest absolute Gasteiger partial charge is 0.244 e. The van der Waals surface area contributed by atoms with Gasteiger partial charge in [0.25, 0.3) is 0 Å². The zero-order valence-electron chi connectivity index (χ0n) is 14.5. The Balaban J connectivity index is 1.48. The first kappa shape index (κ1) is 16.4. The molecule has 27 heavy (non-hydrogen) atoms. The average molecular weight is 382 g/mol. The lowest BCUT2D eigenvalue weighted by molar-refractivity contribution is 0.479. The van der Waals surface area contributed by atoms with Gasteiger partial charge in [-0.2, -0.15) is 4.72 Å². The highest BCUT2D eigenvalue weighted by Gasteiger charge is 2.37. The summed E-state index contributed by atoms with van der Waals surface area (Å²) >= 11 is 0. The maximum Gasteiger partial charge on any atom is 0.244 e. The highest BCUT2D eigenvalue weighted by atomic mass is 32.2. The van der Waals surface area contributed by atoms with Gasteiger partial charge in [0.2, 0.25) is 10.0 Å². The van der Waals surface area contributed by atoms with Gasteiger partial charge in [0.05, 0.1) is 18.1 Å². The fourth-order valence-electron chi connectivity index (χ4n) is 3.72. The molecule has 3 aromatic rings. The molecule has 0 bridgehead atoms. The van der Waals surface area contributed by atoms with Gasteiger partial charge in [-0.05, 0) is 49.2 Å². The fourth-order valence-corrected chi connectivity index (χ4v) is 5.18. The van der Waals surface area contributed by atoms with Gasteiger partial charge in [-0.3, -0.25) is 0 Å². The van der Waals surface area contributed by atoms with Crippen LogP contribution in [0.5, 0.6) is 11.5 Å². The second-order valence-corrected chi connectivity index (χ2v) is 8.39. The van der Waals surface area contributed by atoms with E-state index in [1.807, 2.05) is 48.5 Å². The lowest BCUT2D eigenvalue weighted by Crippen LogP contribution is -2.48. The van der Waals surface area contributed by atoms with Crippen LogP contribution in [0.3, 0.4) is 0 Å². The van der Waals surface area contributed by atoms with Crippen molar-refractivity contribution in [1.82, 2.24) is 4.72 Å². The van der Waals surface area contributed by atoms with Crippen molar-refractivity contribution in [2.75, 3.05) is 11.4 Å². The summed E-state index contributed by atoms with van der Waals surface area (Å²) in [6.07, 6.45) is 3.29. The molecule has 0 spiro atoms. The summed E-state index contributed by atoms with van der Waals surface area (Å²) < 4.78 is 39.4. The number of benzene rings is 2. The van der Waals surface area contributed by atoms with Crippen molar-refractivity contribution < 1.29 is 17.6 Å². The maximum absolute atomic E-state index is 12.6. The molecular formula is C20H18N2O4S. The Morgan fingerprint density at radius 3 is 2.81 bits per heavy atom. The zero-order chi connectivity index (χ0) is 18.4. The van der Waals surface area contributed by atoms with Crippen LogP contribution in [0, 0.1) is 0 Å². The Labute approximate surface area is 157 Å². The molecular weight excluding hydrogens is 364 g/mol. The normalized spacial score (nSPS) is 20.1. The first-order valence-electron chi connectivity index (χ1n) is 8.85. The van der Waals surface area contributed by atoms with Crippen LogP contribution in [0.15, 0.2) is 70.2 Å². The van der Waals surface area contributed by atoms with Gasteiger partial charge >= 0.3 is 0 Å². The Hall–Kier alpha value is -2.77. The summed E-state index contributed by atoms with van der Waals surface area (Å²) in [5.41, 5.74) is 1.64. The molecule has 2 aliphatic rings. The Kier molecular flexibility index (Phi) is 3.73. The summed E-state index contributed by atoms with van der Waals surface area (Å²) in [5, 5.41) is 0. The molecule has 1 N–H and O–H groups in total. The van der Waals surface area contributed by atoms with Crippen molar-refractivity contribution in [2.45, 2.75) is 23.9 Å². The van der Waals surface area contributed by atoms with Crippen molar-refractivity contribution in [3.63, 3.8) is 0 Å². The van der Waals surface area contributed by atoms with Gasteiger partial charge in [0.1, 0.15) is 22.2 Å². The van der Waals surface area contributed by atoms with Crippen LogP contribution in [-0.2, 0) is 10.0 Å². The largest absolute Gasteiger partial charge is 0.464 e. The summed E-state index contributed by atoms with van der Waals surface area (Å²) in [6, 6.07) is 16.4. The van der Waals surface area contributed by atoms with E-state index in [2.05, 4.69) is 9.62 Å². The predicted molar refractivity (Wildman–Crippen MR) is 101 cm³/mol. The van der Waals surface area contributed by atoms with Crippen molar-refractivity contribution in [1.29, 1.82) is 0 Å². The molecule has 5 rings (SSSR count). The number of fused-ring (bicyclic) bond motifs is 3. The van der Waals surface area contributed by atoms with Gasteiger partial charge in [-0.25, -0.2) is 8.42 Å². The minimum Gasteiger partial charge on any atom is -0.464 e. The van der Waals surface area contributed by atoms with E-state index in [-0.39, 0.29) is 11.1 Å². The molecule has 3 heterocycles. The van der Waals surface area contributed by atoms with E-state index in [1.54, 1.807) is 12.3 Å². The first-order chi connectivity index (χ1) is 13.1. The molecule has 2 aliphatic heterocycles. The number of nitrogens with zero attached hydrogens (tertiary/aromatic N) is 1. The van der Waals surface area contributed by atoms with Crippen molar-refractivity contribution in [2.24, 2.45) is 0 Å². The molecule has 0 aliphatic carbocycles. The van der Waals surface area contributed by atoms with Crippen molar-refractivity contribution in [3.05, 3.63) is 60.9 Å². The molecule has 0 saturated carbocycles. The number of hydrogen-bond acceptors (Lipinski definition) is 5. The Morgan fingerprint density at radius 1 is 1.07 bits per heavy atom. The van der Waals surface area contributed by atoms with Crippen LogP contribution in [0.25, 0.3) is 11.3 Å². The zero-order valence-corrected chi connectivity index (χ0v) is 15.3. The van der Waals surface area contributed by atoms with E-state index >= 15 is 0 Å². The van der Waals surface area contributed by atoms with Crippen LogP contribution in [0.4, 0.5) is 5.69 Å². The third-order valence-corrected chi connectivity index (χ3v) is 6.44. The van der Waals surface area contributed by atoms with E-state index in [0.717, 1.165) is 36.4 Å². The Morgan fingerprint density at radius 2 is 1.96 bits per heavy atom. The summed E-state index contributed by atoms with van der Waals surface area (Å²) in [5.74, 6) is 1.84. The minimum absolute atomic E-state index is 0.140. The molecule has 1 unspecified atom stereocenters. The molecule has 0 amide bonds. The molecule has 2 aromatic carbocycles. The third-order valence-electron chi connectivity index (χ3n) is 4.95. The van der Waals surface area contributed by atoms with Gasteiger partial charge in [0.15, 0.2) is 0 Å². The van der Waals surface area contributed by atoms with Gasteiger partial charge in [-0.1, -0.05) is 12.1 Å². The first-order valence-corrected chi connectivity index (χ1v) is 10.3. The number of rotatable bonds is 3. The van der Waals surface area contributed by atoms with Crippen LogP contribution in [-0.4, -0.2) is 21.1 Å². The minimum atomic E-state index is -3.54. The van der Waals surface area contributed by atoms with Crippen molar-refractivity contribution >= 4 is 15.7 Å². The highest BCUT2D eigenvalue weighted by molar-refractivity contribution is 7.89. The fraction of sp³-hybridized carbons (Fsp3) is 0.200. The number of nitrogens with one attached hydrogen (secondary N) is 1. The van der Waals surface area contributed by atoms with E-state index in [9.17, 15) is 8.42 Å². The predicted octanol–water partition coefficient (Wildman–Crippen LogP) is 3.96. The van der Waals surface area contributed by atoms with Crippen molar-refractivity contribution in [3.8, 4) is 22.8 Å². The van der Waals surface area contributed by atoms with Crippen LogP contribution < -0.4 is 14.4 Å². The molecule has 1 atom stereocenters. The molecule has 138 valence electrons. The molecule has 7 heteroatoms. The van der Waals surface area contributed by atoms with Gasteiger partial charge in [-0.15, -0.1) is 0 Å². The lowest BCUT2D eigenvalue weighted by Gasteiger charge is -2.33. The molecule has 1 aromatic heterocycles.